The SMILES string of the molecule is N#Cc1ccc(-c2csc(CNC(=O)C34CC(CN(C(=O)COCCF)C3)C4)n2)cc1. The molecule has 3 aliphatic rings. The number of rotatable bonds is 8. The van der Waals surface area contributed by atoms with E-state index in [1.54, 1.807) is 17.0 Å². The maximum Gasteiger partial charge on any atom is 0.248 e. The Morgan fingerprint density at radius 3 is 2.84 bits per heavy atom. The van der Waals surface area contributed by atoms with E-state index in [0.717, 1.165) is 29.1 Å². The third-order valence-corrected chi connectivity index (χ3v) is 6.72. The van der Waals surface area contributed by atoms with Crippen molar-refractivity contribution in [1.82, 2.24) is 15.2 Å². The van der Waals surface area contributed by atoms with Crippen molar-refractivity contribution in [3.8, 4) is 17.3 Å². The van der Waals surface area contributed by atoms with Crippen LogP contribution in [0, 0.1) is 22.7 Å². The molecule has 2 saturated heterocycles. The van der Waals surface area contributed by atoms with Crippen LogP contribution < -0.4 is 5.32 Å². The largest absolute Gasteiger partial charge is 0.369 e. The van der Waals surface area contributed by atoms with Crippen molar-refractivity contribution in [3.05, 3.63) is 40.2 Å². The average molecular weight is 443 g/mol. The zero-order valence-electron chi connectivity index (χ0n) is 17.0. The minimum absolute atomic E-state index is 0.0546. The fourth-order valence-corrected chi connectivity index (χ4v) is 5.12. The molecule has 0 spiro atoms. The van der Waals surface area contributed by atoms with E-state index < -0.39 is 12.1 Å². The Balaban J connectivity index is 1.32. The fourth-order valence-electron chi connectivity index (χ4n) is 4.38. The minimum atomic E-state index is -0.619. The molecule has 1 aromatic heterocycles. The number of halogens is 1. The monoisotopic (exact) mass is 442 g/mol. The van der Waals surface area contributed by atoms with E-state index >= 15 is 0 Å². The Kier molecular flexibility index (Phi) is 6.30. The predicted molar refractivity (Wildman–Crippen MR) is 113 cm³/mol. The highest BCUT2D eigenvalue weighted by molar-refractivity contribution is 7.09. The summed E-state index contributed by atoms with van der Waals surface area (Å²) in [6, 6.07) is 9.31. The number of amides is 2. The second kappa shape index (κ2) is 9.12. The summed E-state index contributed by atoms with van der Waals surface area (Å²) in [6.07, 6.45) is 1.56. The van der Waals surface area contributed by atoms with Crippen molar-refractivity contribution in [2.24, 2.45) is 11.3 Å². The van der Waals surface area contributed by atoms with Gasteiger partial charge in [-0.2, -0.15) is 5.26 Å². The molecule has 31 heavy (non-hydrogen) atoms. The summed E-state index contributed by atoms with van der Waals surface area (Å²) in [5, 5.41) is 14.6. The molecule has 1 aliphatic carbocycles. The van der Waals surface area contributed by atoms with Crippen LogP contribution in [0.4, 0.5) is 4.39 Å². The zero-order chi connectivity index (χ0) is 21.8. The zero-order valence-corrected chi connectivity index (χ0v) is 17.8. The predicted octanol–water partition coefficient (Wildman–Crippen LogP) is 2.52. The lowest BCUT2D eigenvalue weighted by Gasteiger charge is -2.55. The molecular formula is C22H23FN4O3S. The molecule has 3 fully saturated rings. The lowest BCUT2D eigenvalue weighted by atomic mass is 9.58. The molecule has 0 atom stereocenters. The summed E-state index contributed by atoms with van der Waals surface area (Å²) < 4.78 is 17.2. The number of hydrogen-bond donors (Lipinski definition) is 1. The fraction of sp³-hybridized carbons (Fsp3) is 0.455. The van der Waals surface area contributed by atoms with Gasteiger partial charge in [0.05, 0.1) is 35.9 Å². The van der Waals surface area contributed by atoms with Crippen molar-refractivity contribution in [3.63, 3.8) is 0 Å². The van der Waals surface area contributed by atoms with Crippen LogP contribution in [-0.4, -0.2) is 54.7 Å². The van der Waals surface area contributed by atoms with Crippen molar-refractivity contribution >= 4 is 23.2 Å². The van der Waals surface area contributed by atoms with Crippen LogP contribution in [0.15, 0.2) is 29.6 Å². The number of carbonyl (C=O) groups excluding carboxylic acids is 2. The van der Waals surface area contributed by atoms with E-state index in [1.807, 2.05) is 17.5 Å². The Labute approximate surface area is 183 Å². The summed E-state index contributed by atoms with van der Waals surface area (Å²) in [5.74, 6) is 0.0792. The quantitative estimate of drug-likeness (QED) is 0.634. The number of carbonyl (C=O) groups is 2. The first-order valence-corrected chi connectivity index (χ1v) is 11.1. The van der Waals surface area contributed by atoms with Crippen LogP contribution in [0.5, 0.6) is 0 Å². The van der Waals surface area contributed by atoms with Crippen LogP contribution in [0.2, 0.25) is 0 Å². The first-order valence-electron chi connectivity index (χ1n) is 10.2. The lowest BCUT2D eigenvalue weighted by molar-refractivity contribution is -0.160. The third-order valence-electron chi connectivity index (χ3n) is 5.87. The highest BCUT2D eigenvalue weighted by Crippen LogP contribution is 2.50. The maximum atomic E-state index is 12.9. The van der Waals surface area contributed by atoms with Crippen LogP contribution in [0.3, 0.4) is 0 Å². The van der Waals surface area contributed by atoms with Crippen molar-refractivity contribution in [1.29, 1.82) is 5.26 Å². The molecule has 5 rings (SSSR count). The van der Waals surface area contributed by atoms with Gasteiger partial charge in [0.25, 0.3) is 0 Å². The van der Waals surface area contributed by atoms with E-state index in [2.05, 4.69) is 16.4 Å². The maximum absolute atomic E-state index is 12.9. The van der Waals surface area contributed by atoms with E-state index in [1.165, 1.54) is 11.3 Å². The van der Waals surface area contributed by atoms with E-state index in [4.69, 9.17) is 10.00 Å². The number of ether oxygens (including phenoxy) is 1. The number of nitrogens with one attached hydrogen (secondary N) is 1. The average Bonchev–Trinajstić information content (AvgIpc) is 3.26. The number of piperidine rings is 2. The molecule has 7 nitrogen and oxygen atoms in total. The van der Waals surface area contributed by atoms with Gasteiger partial charge in [-0.3, -0.25) is 9.59 Å². The Hall–Kier alpha value is -2.83. The van der Waals surface area contributed by atoms with E-state index in [9.17, 15) is 14.0 Å². The minimum Gasteiger partial charge on any atom is -0.369 e. The molecule has 1 saturated carbocycles. The summed E-state index contributed by atoms with van der Waals surface area (Å²) in [6.45, 7) is 0.485. The Bertz CT molecular complexity index is 995. The highest BCUT2D eigenvalue weighted by Gasteiger charge is 2.55. The Morgan fingerprint density at radius 2 is 2.13 bits per heavy atom. The molecule has 3 heterocycles. The molecule has 2 amide bonds. The number of thiazole rings is 1. The van der Waals surface area contributed by atoms with E-state index in [-0.39, 0.29) is 25.0 Å². The second-order valence-electron chi connectivity index (χ2n) is 8.07. The summed E-state index contributed by atoms with van der Waals surface area (Å²) in [4.78, 5) is 31.5. The van der Waals surface area contributed by atoms with Gasteiger partial charge in [0.15, 0.2) is 0 Å². The molecule has 2 aromatic rings. The normalized spacial score (nSPS) is 21.8. The van der Waals surface area contributed by atoms with Gasteiger partial charge in [-0.25, -0.2) is 9.37 Å². The van der Waals surface area contributed by atoms with Gasteiger partial charge >= 0.3 is 0 Å². The topological polar surface area (TPSA) is 95.3 Å². The first-order chi connectivity index (χ1) is 15.0. The van der Waals surface area contributed by atoms with Gasteiger partial charge < -0.3 is 15.0 Å². The lowest BCUT2D eigenvalue weighted by Crippen LogP contribution is -2.63. The summed E-state index contributed by atoms with van der Waals surface area (Å²) >= 11 is 1.47. The number of nitriles is 1. The summed E-state index contributed by atoms with van der Waals surface area (Å²) in [5.41, 5.74) is 1.78. The van der Waals surface area contributed by atoms with Gasteiger partial charge in [-0.1, -0.05) is 12.1 Å². The number of fused-ring (bicyclic) bond motifs is 2. The molecule has 162 valence electrons. The molecule has 0 radical (unpaired) electrons. The van der Waals surface area contributed by atoms with E-state index in [0.29, 0.717) is 31.1 Å². The number of nitrogens with zero attached hydrogens (tertiary/aromatic N) is 3. The second-order valence-corrected chi connectivity index (χ2v) is 9.01. The molecular weight excluding hydrogens is 419 g/mol. The van der Waals surface area contributed by atoms with Gasteiger partial charge in [0, 0.05) is 24.0 Å². The first kappa shape index (κ1) is 21.4. The number of alkyl halides is 1. The number of benzene rings is 1. The van der Waals surface area contributed by atoms with Gasteiger partial charge in [0.2, 0.25) is 11.8 Å². The van der Waals surface area contributed by atoms with Gasteiger partial charge in [-0.15, -0.1) is 11.3 Å². The van der Waals surface area contributed by atoms with Crippen LogP contribution in [0.25, 0.3) is 11.3 Å². The Morgan fingerprint density at radius 1 is 1.35 bits per heavy atom. The standard InChI is InChI=1S/C22H23FN4O3S/c23-5-6-30-12-20(28)27-11-16-7-22(8-16,14-27)21(29)25-10-19-26-18(13-31-19)17-3-1-15(9-24)2-4-17/h1-4,13,16H,5-8,10-12,14H2,(H,25,29). The van der Waals surface area contributed by atoms with Crippen LogP contribution >= 0.6 is 11.3 Å². The van der Waals surface area contributed by atoms with Crippen molar-refractivity contribution < 1.29 is 18.7 Å². The van der Waals surface area contributed by atoms with Crippen LogP contribution in [0.1, 0.15) is 23.4 Å². The van der Waals surface area contributed by atoms with Crippen molar-refractivity contribution in [2.45, 2.75) is 19.4 Å². The van der Waals surface area contributed by atoms with Gasteiger partial charge in [-0.05, 0) is 30.9 Å². The number of hydrogen-bond acceptors (Lipinski definition) is 6. The molecule has 1 N–H and O–H groups in total. The smallest absolute Gasteiger partial charge is 0.248 e. The van der Waals surface area contributed by atoms with Gasteiger partial charge in [0.1, 0.15) is 18.3 Å². The molecule has 2 aliphatic heterocycles. The highest BCUT2D eigenvalue weighted by atomic mass is 32.1. The molecule has 0 unspecified atom stereocenters. The molecule has 1 aromatic carbocycles. The third kappa shape index (κ3) is 4.60. The molecule has 9 heteroatoms. The molecule has 2 bridgehead atoms. The number of aromatic nitrogens is 1. The van der Waals surface area contributed by atoms with Crippen LogP contribution in [-0.2, 0) is 20.9 Å². The van der Waals surface area contributed by atoms with Crippen molar-refractivity contribution in [2.75, 3.05) is 33.0 Å². The summed E-state index contributed by atoms with van der Waals surface area (Å²) in [7, 11) is 0.